The third-order valence-electron chi connectivity index (χ3n) is 5.28. The monoisotopic (exact) mass is 385 g/mol. The van der Waals surface area contributed by atoms with Gasteiger partial charge in [-0.15, -0.1) is 0 Å². The summed E-state index contributed by atoms with van der Waals surface area (Å²) in [5.74, 6) is 3.04. The van der Waals surface area contributed by atoms with Gasteiger partial charge in [0, 0.05) is 19.0 Å². The maximum Gasteiger partial charge on any atom is 0.257 e. The number of hydrogen-bond acceptors (Lipinski definition) is 6. The summed E-state index contributed by atoms with van der Waals surface area (Å²) < 4.78 is 27.0. The summed E-state index contributed by atoms with van der Waals surface area (Å²) >= 11 is 0. The van der Waals surface area contributed by atoms with E-state index in [9.17, 15) is 4.79 Å². The predicted molar refractivity (Wildman–Crippen MR) is 102 cm³/mol. The van der Waals surface area contributed by atoms with Crippen LogP contribution in [0.5, 0.6) is 28.7 Å². The van der Waals surface area contributed by atoms with E-state index >= 15 is 0 Å². The first-order valence-electron chi connectivity index (χ1n) is 9.14. The Balaban J connectivity index is 1.55. The number of carbonyl (C=O) groups excluding carboxylic acids is 1. The van der Waals surface area contributed by atoms with E-state index in [-0.39, 0.29) is 18.6 Å². The quantitative estimate of drug-likeness (QED) is 0.788. The Hall–Kier alpha value is -3.09. The van der Waals surface area contributed by atoms with Crippen molar-refractivity contribution in [1.82, 2.24) is 4.90 Å². The molecule has 0 aliphatic carbocycles. The number of likely N-dealkylation sites (tertiary alicyclic amines) is 1. The van der Waals surface area contributed by atoms with Gasteiger partial charge in [-0.2, -0.15) is 0 Å². The number of benzene rings is 2. The van der Waals surface area contributed by atoms with Crippen molar-refractivity contribution in [3.63, 3.8) is 0 Å². The minimum atomic E-state index is -0.0824. The first-order chi connectivity index (χ1) is 13.7. The molecule has 1 unspecified atom stereocenters. The third kappa shape index (κ3) is 3.06. The van der Waals surface area contributed by atoms with Gasteiger partial charge in [0.2, 0.25) is 12.5 Å². The number of rotatable bonds is 5. The zero-order chi connectivity index (χ0) is 19.7. The number of ether oxygens (including phenoxy) is 5. The molecule has 2 aliphatic heterocycles. The molecule has 1 amide bonds. The van der Waals surface area contributed by atoms with Crippen molar-refractivity contribution < 1.29 is 28.5 Å². The molecule has 1 atom stereocenters. The minimum absolute atomic E-state index is 0.0824. The summed E-state index contributed by atoms with van der Waals surface area (Å²) in [4.78, 5) is 15.0. The summed E-state index contributed by atoms with van der Waals surface area (Å²) in [6, 6.07) is 9.43. The van der Waals surface area contributed by atoms with Gasteiger partial charge in [-0.05, 0) is 36.2 Å². The first kappa shape index (κ1) is 18.3. The van der Waals surface area contributed by atoms with E-state index in [4.69, 9.17) is 23.7 Å². The van der Waals surface area contributed by atoms with Gasteiger partial charge in [0.05, 0.1) is 26.9 Å². The SMILES string of the molecule is COc1ccc(C(=O)N2CCC(c3ccc4c(c3)OCO4)C2)c(OC)c1OC. The van der Waals surface area contributed by atoms with Gasteiger partial charge in [-0.25, -0.2) is 0 Å². The van der Waals surface area contributed by atoms with Crippen LogP contribution in [0.15, 0.2) is 30.3 Å². The van der Waals surface area contributed by atoms with Crippen molar-refractivity contribution in [3.8, 4) is 28.7 Å². The van der Waals surface area contributed by atoms with E-state index in [2.05, 4.69) is 0 Å². The highest BCUT2D eigenvalue weighted by Gasteiger charge is 2.31. The Morgan fingerprint density at radius 3 is 2.54 bits per heavy atom. The zero-order valence-corrected chi connectivity index (χ0v) is 16.2. The number of carbonyl (C=O) groups is 1. The molecule has 148 valence electrons. The zero-order valence-electron chi connectivity index (χ0n) is 16.2. The lowest BCUT2D eigenvalue weighted by Gasteiger charge is -2.20. The van der Waals surface area contributed by atoms with Crippen LogP contribution >= 0.6 is 0 Å². The van der Waals surface area contributed by atoms with Gasteiger partial charge in [0.15, 0.2) is 23.0 Å². The summed E-state index contributed by atoms with van der Waals surface area (Å²) in [5, 5.41) is 0. The summed E-state index contributed by atoms with van der Waals surface area (Å²) in [7, 11) is 4.60. The second-order valence-corrected chi connectivity index (χ2v) is 6.73. The van der Waals surface area contributed by atoms with Crippen LogP contribution in [0.4, 0.5) is 0 Å². The molecule has 1 fully saturated rings. The van der Waals surface area contributed by atoms with E-state index in [0.29, 0.717) is 35.9 Å². The summed E-state index contributed by atoms with van der Waals surface area (Å²) in [6.45, 7) is 1.57. The average Bonchev–Trinajstić information content (AvgIpc) is 3.40. The Morgan fingerprint density at radius 2 is 1.79 bits per heavy atom. The highest BCUT2D eigenvalue weighted by atomic mass is 16.7. The first-order valence-corrected chi connectivity index (χ1v) is 9.14. The lowest BCUT2D eigenvalue weighted by atomic mass is 9.98. The maximum atomic E-state index is 13.2. The molecule has 0 bridgehead atoms. The maximum absolute atomic E-state index is 13.2. The Labute approximate surface area is 163 Å². The second kappa shape index (κ2) is 7.50. The van der Waals surface area contributed by atoms with Crippen molar-refractivity contribution in [1.29, 1.82) is 0 Å². The highest BCUT2D eigenvalue weighted by Crippen LogP contribution is 2.41. The van der Waals surface area contributed by atoms with E-state index < -0.39 is 0 Å². The number of methoxy groups -OCH3 is 3. The summed E-state index contributed by atoms with van der Waals surface area (Å²) in [5.41, 5.74) is 1.62. The molecule has 2 aromatic rings. The average molecular weight is 385 g/mol. The smallest absolute Gasteiger partial charge is 0.257 e. The number of fused-ring (bicyclic) bond motifs is 1. The molecule has 7 nitrogen and oxygen atoms in total. The van der Waals surface area contributed by atoms with Crippen molar-refractivity contribution in [2.24, 2.45) is 0 Å². The summed E-state index contributed by atoms with van der Waals surface area (Å²) in [6.07, 6.45) is 0.890. The Bertz CT molecular complexity index is 897. The van der Waals surface area contributed by atoms with Crippen LogP contribution in [0.25, 0.3) is 0 Å². The van der Waals surface area contributed by atoms with E-state index in [1.807, 2.05) is 23.1 Å². The predicted octanol–water partition coefficient (Wildman–Crippen LogP) is 3.07. The largest absolute Gasteiger partial charge is 0.493 e. The fraction of sp³-hybridized carbons (Fsp3) is 0.381. The molecule has 4 rings (SSSR count). The number of nitrogens with zero attached hydrogens (tertiary/aromatic N) is 1. The normalized spacial score (nSPS) is 17.5. The van der Waals surface area contributed by atoms with Gasteiger partial charge < -0.3 is 28.6 Å². The van der Waals surface area contributed by atoms with Crippen molar-refractivity contribution in [2.45, 2.75) is 12.3 Å². The van der Waals surface area contributed by atoms with Crippen LogP contribution in [0, 0.1) is 0 Å². The molecule has 0 spiro atoms. The van der Waals surface area contributed by atoms with Gasteiger partial charge >= 0.3 is 0 Å². The molecule has 0 N–H and O–H groups in total. The Kier molecular flexibility index (Phi) is 4.90. The van der Waals surface area contributed by atoms with Crippen LogP contribution in [0.3, 0.4) is 0 Å². The van der Waals surface area contributed by atoms with E-state index in [1.165, 1.54) is 14.2 Å². The molecule has 28 heavy (non-hydrogen) atoms. The van der Waals surface area contributed by atoms with Crippen LogP contribution < -0.4 is 23.7 Å². The molecular weight excluding hydrogens is 362 g/mol. The van der Waals surface area contributed by atoms with Gasteiger partial charge in [0.1, 0.15) is 0 Å². The second-order valence-electron chi connectivity index (χ2n) is 6.73. The molecule has 0 aromatic heterocycles. The minimum Gasteiger partial charge on any atom is -0.493 e. The van der Waals surface area contributed by atoms with Crippen LogP contribution in [0.2, 0.25) is 0 Å². The molecule has 2 aromatic carbocycles. The van der Waals surface area contributed by atoms with Crippen molar-refractivity contribution in [2.75, 3.05) is 41.2 Å². The molecule has 0 saturated carbocycles. The highest BCUT2D eigenvalue weighted by molar-refractivity contribution is 5.98. The molecular formula is C21H23NO6. The number of hydrogen-bond donors (Lipinski definition) is 0. The van der Waals surface area contributed by atoms with Crippen molar-refractivity contribution in [3.05, 3.63) is 41.5 Å². The topological polar surface area (TPSA) is 66.5 Å². The van der Waals surface area contributed by atoms with Crippen LogP contribution in [0.1, 0.15) is 28.3 Å². The lowest BCUT2D eigenvalue weighted by molar-refractivity contribution is 0.0786. The fourth-order valence-corrected chi connectivity index (χ4v) is 3.82. The Morgan fingerprint density at radius 1 is 1.00 bits per heavy atom. The molecule has 1 saturated heterocycles. The molecule has 2 aliphatic rings. The van der Waals surface area contributed by atoms with E-state index in [0.717, 1.165) is 23.5 Å². The number of amides is 1. The van der Waals surface area contributed by atoms with Gasteiger partial charge in [-0.1, -0.05) is 6.07 Å². The standard InChI is InChI=1S/C21H23NO6/c1-24-17-7-5-15(19(25-2)20(17)26-3)21(23)22-9-8-14(11-22)13-4-6-16-18(10-13)28-12-27-16/h4-7,10,14H,8-9,11-12H2,1-3H3. The van der Waals surface area contributed by atoms with Gasteiger partial charge in [0.25, 0.3) is 5.91 Å². The van der Waals surface area contributed by atoms with E-state index in [1.54, 1.807) is 19.2 Å². The van der Waals surface area contributed by atoms with Crippen LogP contribution in [-0.2, 0) is 0 Å². The van der Waals surface area contributed by atoms with Gasteiger partial charge in [-0.3, -0.25) is 4.79 Å². The lowest BCUT2D eigenvalue weighted by Crippen LogP contribution is -2.29. The van der Waals surface area contributed by atoms with Crippen molar-refractivity contribution >= 4 is 5.91 Å². The molecule has 0 radical (unpaired) electrons. The van der Waals surface area contributed by atoms with Crippen LogP contribution in [-0.4, -0.2) is 52.0 Å². The fourth-order valence-electron chi connectivity index (χ4n) is 3.82. The third-order valence-corrected chi connectivity index (χ3v) is 5.28. The molecule has 7 heteroatoms. The molecule has 2 heterocycles.